The van der Waals surface area contributed by atoms with Gasteiger partial charge in [-0.1, -0.05) is 47.1 Å². The second-order valence-corrected chi connectivity index (χ2v) is 6.35. The summed E-state index contributed by atoms with van der Waals surface area (Å²) in [5, 5.41) is 4.40. The van der Waals surface area contributed by atoms with Crippen molar-refractivity contribution < 1.29 is 18.8 Å². The van der Waals surface area contributed by atoms with Crippen LogP contribution in [0.5, 0.6) is 11.5 Å². The lowest BCUT2D eigenvalue weighted by Gasteiger charge is -2.15. The smallest absolute Gasteiger partial charge is 0.276 e. The summed E-state index contributed by atoms with van der Waals surface area (Å²) < 4.78 is 16.1. The summed E-state index contributed by atoms with van der Waals surface area (Å²) in [4.78, 5) is 14.1. The van der Waals surface area contributed by atoms with Crippen molar-refractivity contribution in [3.63, 3.8) is 0 Å². The van der Waals surface area contributed by atoms with E-state index in [9.17, 15) is 4.79 Å². The lowest BCUT2D eigenvalue weighted by molar-refractivity contribution is 0.0774. The van der Waals surface area contributed by atoms with Crippen LogP contribution in [0.2, 0.25) is 5.02 Å². The number of aromatic nitrogens is 1. The van der Waals surface area contributed by atoms with Gasteiger partial charge in [-0.2, -0.15) is 0 Å². The van der Waals surface area contributed by atoms with Crippen molar-refractivity contribution in [2.75, 3.05) is 14.2 Å². The molecule has 1 aromatic heterocycles. The fraction of sp³-hybridized carbons (Fsp3) is 0.200. The zero-order valence-electron chi connectivity index (χ0n) is 15.0. The van der Waals surface area contributed by atoms with Crippen LogP contribution in [-0.4, -0.2) is 30.1 Å². The average Bonchev–Trinajstić information content (AvgIpc) is 3.16. The minimum atomic E-state index is -0.224. The fourth-order valence-electron chi connectivity index (χ4n) is 2.52. The highest BCUT2D eigenvalue weighted by atomic mass is 35.5. The second kappa shape index (κ2) is 8.60. The van der Waals surface area contributed by atoms with Crippen LogP contribution in [0.4, 0.5) is 0 Å². The summed E-state index contributed by atoms with van der Waals surface area (Å²) in [7, 11) is 3.26. The molecule has 0 radical (unpaired) electrons. The molecule has 3 aromatic rings. The molecule has 1 amide bonds. The van der Waals surface area contributed by atoms with Crippen LogP contribution in [0.1, 0.15) is 21.8 Å². The molecule has 0 fully saturated rings. The average molecular weight is 387 g/mol. The van der Waals surface area contributed by atoms with E-state index < -0.39 is 0 Å². The van der Waals surface area contributed by atoms with E-state index in [0.29, 0.717) is 28.8 Å². The summed E-state index contributed by atoms with van der Waals surface area (Å²) >= 11 is 5.93. The zero-order valence-corrected chi connectivity index (χ0v) is 15.8. The molecule has 0 saturated heterocycles. The van der Waals surface area contributed by atoms with Gasteiger partial charge in [-0.05, 0) is 17.7 Å². The van der Waals surface area contributed by atoms with Gasteiger partial charge in [0.1, 0.15) is 6.61 Å². The standard InChI is InChI=1S/C20H19ClN2O4/c1-23(12-14-6-4-3-5-7-14)20(24)17-11-16(27-22-17)13-26-18-9-8-15(21)10-19(18)25-2/h3-11H,12-13H2,1-2H3. The molecular weight excluding hydrogens is 368 g/mol. The molecular formula is C20H19ClN2O4. The Labute approximate surface area is 162 Å². The highest BCUT2D eigenvalue weighted by Gasteiger charge is 2.18. The van der Waals surface area contributed by atoms with Crippen LogP contribution >= 0.6 is 11.6 Å². The Morgan fingerprint density at radius 2 is 1.93 bits per heavy atom. The van der Waals surface area contributed by atoms with E-state index in [2.05, 4.69) is 5.16 Å². The molecule has 3 rings (SSSR count). The third kappa shape index (κ3) is 4.80. The number of halogens is 1. The van der Waals surface area contributed by atoms with Crippen LogP contribution in [0.25, 0.3) is 0 Å². The molecule has 27 heavy (non-hydrogen) atoms. The van der Waals surface area contributed by atoms with Gasteiger partial charge in [0.25, 0.3) is 5.91 Å². The van der Waals surface area contributed by atoms with Gasteiger partial charge in [0.15, 0.2) is 23.0 Å². The highest BCUT2D eigenvalue weighted by Crippen LogP contribution is 2.30. The number of nitrogens with zero attached hydrogens (tertiary/aromatic N) is 2. The number of carbonyl (C=O) groups is 1. The molecule has 0 atom stereocenters. The number of rotatable bonds is 7. The van der Waals surface area contributed by atoms with Crippen molar-refractivity contribution in [2.45, 2.75) is 13.2 Å². The van der Waals surface area contributed by atoms with E-state index >= 15 is 0 Å². The Morgan fingerprint density at radius 3 is 2.67 bits per heavy atom. The lowest BCUT2D eigenvalue weighted by atomic mass is 10.2. The maximum Gasteiger partial charge on any atom is 0.276 e. The van der Waals surface area contributed by atoms with Gasteiger partial charge in [0.05, 0.1) is 7.11 Å². The van der Waals surface area contributed by atoms with Crippen molar-refractivity contribution in [1.29, 1.82) is 0 Å². The normalized spacial score (nSPS) is 10.5. The van der Waals surface area contributed by atoms with Gasteiger partial charge in [-0.25, -0.2) is 0 Å². The predicted octanol–water partition coefficient (Wildman–Crippen LogP) is 4.19. The number of ether oxygens (including phenoxy) is 2. The van der Waals surface area contributed by atoms with Crippen molar-refractivity contribution in [2.24, 2.45) is 0 Å². The largest absolute Gasteiger partial charge is 0.493 e. The van der Waals surface area contributed by atoms with Gasteiger partial charge < -0.3 is 18.9 Å². The molecule has 0 bridgehead atoms. The van der Waals surface area contributed by atoms with E-state index in [1.54, 1.807) is 36.2 Å². The Bertz CT molecular complexity index is 911. The maximum absolute atomic E-state index is 12.5. The Morgan fingerprint density at radius 1 is 1.15 bits per heavy atom. The number of methoxy groups -OCH3 is 1. The topological polar surface area (TPSA) is 64.8 Å². The van der Waals surface area contributed by atoms with Crippen LogP contribution in [0, 0.1) is 0 Å². The summed E-state index contributed by atoms with van der Waals surface area (Å²) in [5.74, 6) is 1.25. The third-order valence-corrected chi connectivity index (χ3v) is 4.12. The molecule has 0 aliphatic carbocycles. The SMILES string of the molecule is COc1cc(Cl)ccc1OCc1cc(C(=O)N(C)Cc2ccccc2)no1. The first-order valence-corrected chi connectivity index (χ1v) is 8.66. The quantitative estimate of drug-likeness (QED) is 0.609. The molecule has 2 aromatic carbocycles. The van der Waals surface area contributed by atoms with E-state index in [-0.39, 0.29) is 18.2 Å². The lowest BCUT2D eigenvalue weighted by Crippen LogP contribution is -2.26. The first kappa shape index (κ1) is 18.8. The molecule has 0 unspecified atom stereocenters. The molecule has 0 spiro atoms. The van der Waals surface area contributed by atoms with Crippen molar-refractivity contribution in [3.05, 3.63) is 76.6 Å². The number of carbonyl (C=O) groups excluding carboxylic acids is 1. The predicted molar refractivity (Wildman–Crippen MR) is 101 cm³/mol. The van der Waals surface area contributed by atoms with Crippen LogP contribution in [0.3, 0.4) is 0 Å². The van der Waals surface area contributed by atoms with E-state index in [4.69, 9.17) is 25.6 Å². The Balaban J connectivity index is 1.62. The summed E-state index contributed by atoms with van der Waals surface area (Å²) in [6, 6.07) is 16.4. The summed E-state index contributed by atoms with van der Waals surface area (Å²) in [5.41, 5.74) is 1.27. The molecule has 0 saturated carbocycles. The van der Waals surface area contributed by atoms with Crippen LogP contribution in [0.15, 0.2) is 59.1 Å². The van der Waals surface area contributed by atoms with Gasteiger partial charge in [0, 0.05) is 30.7 Å². The minimum absolute atomic E-state index is 0.112. The molecule has 6 nitrogen and oxygen atoms in total. The van der Waals surface area contributed by atoms with E-state index in [1.807, 2.05) is 30.3 Å². The van der Waals surface area contributed by atoms with Crippen molar-refractivity contribution in [1.82, 2.24) is 10.1 Å². The molecule has 140 valence electrons. The maximum atomic E-state index is 12.5. The number of hydrogen-bond acceptors (Lipinski definition) is 5. The molecule has 7 heteroatoms. The van der Waals surface area contributed by atoms with E-state index in [0.717, 1.165) is 5.56 Å². The second-order valence-electron chi connectivity index (χ2n) is 5.91. The van der Waals surface area contributed by atoms with Gasteiger partial charge in [-0.3, -0.25) is 4.79 Å². The fourth-order valence-corrected chi connectivity index (χ4v) is 2.68. The first-order chi connectivity index (χ1) is 13.1. The monoisotopic (exact) mass is 386 g/mol. The molecule has 0 aliphatic rings. The first-order valence-electron chi connectivity index (χ1n) is 8.28. The Kier molecular flexibility index (Phi) is 5.98. The van der Waals surface area contributed by atoms with Crippen molar-refractivity contribution >= 4 is 17.5 Å². The minimum Gasteiger partial charge on any atom is -0.493 e. The summed E-state index contributed by atoms with van der Waals surface area (Å²) in [6.45, 7) is 0.598. The molecule has 0 aliphatic heterocycles. The number of hydrogen-bond donors (Lipinski definition) is 0. The molecule has 1 heterocycles. The third-order valence-electron chi connectivity index (χ3n) is 3.88. The van der Waals surface area contributed by atoms with Gasteiger partial charge >= 0.3 is 0 Å². The summed E-state index contributed by atoms with van der Waals surface area (Å²) in [6.07, 6.45) is 0. The van der Waals surface area contributed by atoms with Crippen molar-refractivity contribution in [3.8, 4) is 11.5 Å². The highest BCUT2D eigenvalue weighted by molar-refractivity contribution is 6.30. The zero-order chi connectivity index (χ0) is 19.2. The number of benzene rings is 2. The number of amides is 1. The van der Waals surface area contributed by atoms with Crippen LogP contribution < -0.4 is 9.47 Å². The van der Waals surface area contributed by atoms with Crippen LogP contribution in [-0.2, 0) is 13.2 Å². The van der Waals surface area contributed by atoms with E-state index in [1.165, 1.54) is 7.11 Å². The van der Waals surface area contributed by atoms with Gasteiger partial charge in [0.2, 0.25) is 0 Å². The van der Waals surface area contributed by atoms with Gasteiger partial charge in [-0.15, -0.1) is 0 Å². The Hall–Kier alpha value is -2.99. The molecule has 0 N–H and O–H groups in total.